The second-order valence-electron chi connectivity index (χ2n) is 4.74. The lowest BCUT2D eigenvalue weighted by Gasteiger charge is -2.26. The summed E-state index contributed by atoms with van der Waals surface area (Å²) in [6.45, 7) is 4.98. The number of aliphatic hydroxyl groups is 1. The van der Waals surface area contributed by atoms with Crippen LogP contribution in [0.5, 0.6) is 0 Å². The monoisotopic (exact) mass is 323 g/mol. The number of sulfonamides is 1. The highest BCUT2D eigenvalue weighted by atomic mass is 35.5. The van der Waals surface area contributed by atoms with Crippen LogP contribution in [0.2, 0.25) is 5.02 Å². The molecule has 0 heterocycles. The second-order valence-corrected chi connectivity index (χ2v) is 7.04. The number of nitrogens with zero attached hydrogens (tertiary/aromatic N) is 1. The van der Waals surface area contributed by atoms with Crippen LogP contribution < -0.4 is 0 Å². The summed E-state index contributed by atoms with van der Waals surface area (Å²) in [7, 11) is -3.99. The van der Waals surface area contributed by atoms with Gasteiger partial charge >= 0.3 is 0 Å². The van der Waals surface area contributed by atoms with Crippen LogP contribution in [-0.4, -0.2) is 30.4 Å². The van der Waals surface area contributed by atoms with Gasteiger partial charge < -0.3 is 5.11 Å². The van der Waals surface area contributed by atoms with Gasteiger partial charge in [0.15, 0.2) is 0 Å². The van der Waals surface area contributed by atoms with Crippen molar-refractivity contribution in [3.63, 3.8) is 0 Å². The fraction of sp³-hybridized carbons (Fsp3) is 0.538. The summed E-state index contributed by atoms with van der Waals surface area (Å²) in [4.78, 5) is -0.490. The third-order valence-corrected chi connectivity index (χ3v) is 5.15. The molecule has 1 rings (SSSR count). The molecule has 114 valence electrons. The third-order valence-electron chi connectivity index (χ3n) is 2.86. The van der Waals surface area contributed by atoms with Gasteiger partial charge in [-0.15, -0.1) is 0 Å². The summed E-state index contributed by atoms with van der Waals surface area (Å²) >= 11 is 5.81. The van der Waals surface area contributed by atoms with Crippen LogP contribution in [0, 0.1) is 5.82 Å². The van der Waals surface area contributed by atoms with Crippen molar-refractivity contribution < 1.29 is 17.9 Å². The van der Waals surface area contributed by atoms with Crippen molar-refractivity contribution in [3.05, 3.63) is 28.5 Å². The van der Waals surface area contributed by atoms with Crippen molar-refractivity contribution in [3.8, 4) is 0 Å². The molecule has 20 heavy (non-hydrogen) atoms. The third kappa shape index (κ3) is 3.49. The normalized spacial score (nSPS) is 12.4. The van der Waals surface area contributed by atoms with Gasteiger partial charge in [0.1, 0.15) is 10.7 Å². The minimum absolute atomic E-state index is 0.0780. The van der Waals surface area contributed by atoms with E-state index < -0.39 is 27.3 Å². The van der Waals surface area contributed by atoms with E-state index in [1.807, 2.05) is 6.92 Å². The molecule has 0 radical (unpaired) electrons. The molecule has 0 aromatic heterocycles. The molecule has 0 saturated carbocycles. The van der Waals surface area contributed by atoms with Gasteiger partial charge in [-0.3, -0.25) is 0 Å². The summed E-state index contributed by atoms with van der Waals surface area (Å²) in [6, 6.07) is 2.00. The fourth-order valence-electron chi connectivity index (χ4n) is 1.92. The van der Waals surface area contributed by atoms with Crippen molar-refractivity contribution >= 4 is 21.6 Å². The Kier molecular flexibility index (Phi) is 5.94. The van der Waals surface area contributed by atoms with E-state index in [2.05, 4.69) is 0 Å². The fourth-order valence-corrected chi connectivity index (χ4v) is 4.09. The van der Waals surface area contributed by atoms with Crippen LogP contribution in [0.4, 0.5) is 4.39 Å². The van der Waals surface area contributed by atoms with Gasteiger partial charge in [-0.05, 0) is 32.4 Å². The molecular weight excluding hydrogens is 305 g/mol. The van der Waals surface area contributed by atoms with Gasteiger partial charge in [0.2, 0.25) is 10.0 Å². The molecule has 0 aliphatic heterocycles. The van der Waals surface area contributed by atoms with Crippen LogP contribution in [-0.2, 0) is 16.6 Å². The number of rotatable bonds is 6. The first-order chi connectivity index (χ1) is 9.25. The second kappa shape index (κ2) is 6.85. The number of aliphatic hydroxyl groups excluding tert-OH is 1. The lowest BCUT2D eigenvalue weighted by molar-refractivity contribution is 0.274. The first-order valence-electron chi connectivity index (χ1n) is 6.36. The van der Waals surface area contributed by atoms with Crippen LogP contribution in [0.1, 0.15) is 32.8 Å². The maximum absolute atomic E-state index is 14.2. The van der Waals surface area contributed by atoms with E-state index in [4.69, 9.17) is 16.7 Å². The molecular formula is C13H19ClFNO3S. The molecule has 0 spiro atoms. The van der Waals surface area contributed by atoms with E-state index in [0.717, 1.165) is 6.07 Å². The molecule has 0 atom stereocenters. The Morgan fingerprint density at radius 3 is 2.45 bits per heavy atom. The summed E-state index contributed by atoms with van der Waals surface area (Å²) in [5.41, 5.74) is -0.128. The highest BCUT2D eigenvalue weighted by Crippen LogP contribution is 2.27. The zero-order valence-corrected chi connectivity index (χ0v) is 13.3. The number of hydrogen-bond donors (Lipinski definition) is 1. The zero-order valence-electron chi connectivity index (χ0n) is 11.7. The quantitative estimate of drug-likeness (QED) is 0.875. The Hall–Kier alpha value is -0.690. The van der Waals surface area contributed by atoms with Gasteiger partial charge in [-0.25, -0.2) is 12.8 Å². The molecule has 0 bridgehead atoms. The first kappa shape index (κ1) is 17.4. The van der Waals surface area contributed by atoms with Crippen molar-refractivity contribution in [2.45, 2.75) is 44.7 Å². The number of hydrogen-bond acceptors (Lipinski definition) is 3. The SMILES string of the molecule is CCCN(C(C)C)S(=O)(=O)c1cc(Cl)cc(CO)c1F. The molecule has 4 nitrogen and oxygen atoms in total. The van der Waals surface area contributed by atoms with Gasteiger partial charge in [0.05, 0.1) is 6.61 Å². The lowest BCUT2D eigenvalue weighted by Crippen LogP contribution is -2.38. The highest BCUT2D eigenvalue weighted by Gasteiger charge is 2.30. The average molecular weight is 324 g/mol. The lowest BCUT2D eigenvalue weighted by atomic mass is 10.2. The summed E-state index contributed by atoms with van der Waals surface area (Å²) in [5.74, 6) is -0.946. The van der Waals surface area contributed by atoms with E-state index in [0.29, 0.717) is 13.0 Å². The van der Waals surface area contributed by atoms with Gasteiger partial charge in [0, 0.05) is 23.2 Å². The van der Waals surface area contributed by atoms with Gasteiger partial charge in [-0.1, -0.05) is 18.5 Å². The molecule has 1 aromatic carbocycles. The predicted molar refractivity (Wildman–Crippen MR) is 76.7 cm³/mol. The Bertz CT molecular complexity index is 575. The zero-order chi connectivity index (χ0) is 15.5. The summed E-state index contributed by atoms with van der Waals surface area (Å²) in [6.07, 6.45) is 0.618. The Morgan fingerprint density at radius 1 is 1.40 bits per heavy atom. The van der Waals surface area contributed by atoms with E-state index in [1.165, 1.54) is 10.4 Å². The highest BCUT2D eigenvalue weighted by molar-refractivity contribution is 7.89. The minimum atomic E-state index is -3.99. The molecule has 0 aliphatic carbocycles. The topological polar surface area (TPSA) is 57.6 Å². The van der Waals surface area contributed by atoms with Crippen LogP contribution in [0.15, 0.2) is 17.0 Å². The maximum Gasteiger partial charge on any atom is 0.246 e. The molecule has 0 saturated heterocycles. The maximum atomic E-state index is 14.2. The van der Waals surface area contributed by atoms with Crippen molar-refractivity contribution in [2.75, 3.05) is 6.54 Å². The molecule has 0 unspecified atom stereocenters. The molecule has 0 amide bonds. The largest absolute Gasteiger partial charge is 0.392 e. The van der Waals surface area contributed by atoms with E-state index >= 15 is 0 Å². The van der Waals surface area contributed by atoms with Crippen molar-refractivity contribution in [2.24, 2.45) is 0 Å². The van der Waals surface area contributed by atoms with Crippen LogP contribution in [0.25, 0.3) is 0 Å². The Labute approximate surface area is 124 Å². The van der Waals surface area contributed by atoms with E-state index in [-0.39, 0.29) is 16.6 Å². The van der Waals surface area contributed by atoms with Crippen molar-refractivity contribution in [1.82, 2.24) is 4.31 Å². The summed E-state index contributed by atoms with van der Waals surface area (Å²) < 4.78 is 40.5. The number of benzene rings is 1. The molecule has 0 aliphatic rings. The Morgan fingerprint density at radius 2 is 2.00 bits per heavy atom. The standard InChI is InChI=1S/C13H19ClFNO3S/c1-4-5-16(9(2)3)20(18,19)12-7-11(14)6-10(8-17)13(12)15/h6-7,9,17H,4-5,8H2,1-3H3. The average Bonchev–Trinajstić information content (AvgIpc) is 2.37. The molecule has 0 fully saturated rings. The predicted octanol–water partition coefficient (Wildman–Crippen LogP) is 2.78. The van der Waals surface area contributed by atoms with Crippen LogP contribution in [0.3, 0.4) is 0 Å². The van der Waals surface area contributed by atoms with Crippen molar-refractivity contribution in [1.29, 1.82) is 0 Å². The molecule has 7 heteroatoms. The van der Waals surface area contributed by atoms with E-state index in [1.54, 1.807) is 13.8 Å². The Balaban J connectivity index is 3.45. The molecule has 1 N–H and O–H groups in total. The first-order valence-corrected chi connectivity index (χ1v) is 8.18. The van der Waals surface area contributed by atoms with Crippen LogP contribution >= 0.6 is 11.6 Å². The van der Waals surface area contributed by atoms with Gasteiger partial charge in [-0.2, -0.15) is 4.31 Å². The van der Waals surface area contributed by atoms with E-state index in [9.17, 15) is 12.8 Å². The van der Waals surface area contributed by atoms with Gasteiger partial charge in [0.25, 0.3) is 0 Å². The summed E-state index contributed by atoms with van der Waals surface area (Å²) in [5, 5.41) is 9.16. The number of halogens is 2. The minimum Gasteiger partial charge on any atom is -0.392 e. The molecule has 1 aromatic rings. The smallest absolute Gasteiger partial charge is 0.246 e.